The van der Waals surface area contributed by atoms with Gasteiger partial charge in [0.15, 0.2) is 0 Å². The van der Waals surface area contributed by atoms with Crippen molar-refractivity contribution >= 4 is 6.09 Å². The van der Waals surface area contributed by atoms with Crippen LogP contribution in [0.2, 0.25) is 0 Å². The fourth-order valence-corrected chi connectivity index (χ4v) is 2.99. The van der Waals surface area contributed by atoms with Crippen LogP contribution in [0, 0.1) is 0 Å². The maximum atomic E-state index is 10.6. The molecule has 138 valence electrons. The van der Waals surface area contributed by atoms with Crippen LogP contribution < -0.4 is 0 Å². The minimum atomic E-state index is -0.814. The summed E-state index contributed by atoms with van der Waals surface area (Å²) in [6.45, 7) is 2.95. The van der Waals surface area contributed by atoms with Gasteiger partial charge in [-0.2, -0.15) is 0 Å². The predicted molar refractivity (Wildman–Crippen MR) is 100 cm³/mol. The second-order valence-corrected chi connectivity index (χ2v) is 7.01. The molecule has 0 aromatic heterocycles. The highest BCUT2D eigenvalue weighted by Crippen LogP contribution is 2.13. The lowest BCUT2D eigenvalue weighted by atomic mass is 10.0. The van der Waals surface area contributed by atoms with Crippen LogP contribution in [0.3, 0.4) is 0 Å². The van der Waals surface area contributed by atoms with Gasteiger partial charge in [0.2, 0.25) is 0 Å². The van der Waals surface area contributed by atoms with E-state index in [1.54, 1.807) is 7.05 Å². The van der Waals surface area contributed by atoms with Crippen molar-refractivity contribution in [2.24, 2.45) is 0 Å². The van der Waals surface area contributed by atoms with E-state index in [0.717, 1.165) is 12.8 Å². The smallest absolute Gasteiger partial charge is 0.407 e. The average Bonchev–Trinajstić information content (AvgIpc) is 2.54. The van der Waals surface area contributed by atoms with E-state index in [1.807, 2.05) is 0 Å². The molecule has 0 fully saturated rings. The van der Waals surface area contributed by atoms with Gasteiger partial charge in [0, 0.05) is 13.6 Å². The number of amides is 1. The van der Waals surface area contributed by atoms with Crippen molar-refractivity contribution in [2.75, 3.05) is 13.6 Å². The zero-order chi connectivity index (χ0) is 17.2. The molecule has 0 saturated carbocycles. The third-order valence-corrected chi connectivity index (χ3v) is 4.67. The quantitative estimate of drug-likeness (QED) is 0.296. The molecular weight excluding hydrogens is 286 g/mol. The lowest BCUT2D eigenvalue weighted by Crippen LogP contribution is -2.25. The van der Waals surface area contributed by atoms with Crippen LogP contribution >= 0.6 is 0 Å². The Kier molecular flexibility index (Phi) is 17.1. The SMILES string of the molecule is CCCCCCCCCCCCCCCCCCN(C)C(=O)O. The monoisotopic (exact) mass is 327 g/mol. The van der Waals surface area contributed by atoms with E-state index in [9.17, 15) is 4.79 Å². The van der Waals surface area contributed by atoms with Gasteiger partial charge in [-0.05, 0) is 6.42 Å². The Morgan fingerprint density at radius 3 is 1.26 bits per heavy atom. The normalized spacial score (nSPS) is 10.9. The summed E-state index contributed by atoms with van der Waals surface area (Å²) in [4.78, 5) is 12.0. The van der Waals surface area contributed by atoms with Gasteiger partial charge in [0.1, 0.15) is 0 Å². The van der Waals surface area contributed by atoms with Crippen molar-refractivity contribution in [2.45, 2.75) is 110 Å². The second kappa shape index (κ2) is 17.6. The number of hydrogen-bond acceptors (Lipinski definition) is 1. The molecule has 0 bridgehead atoms. The van der Waals surface area contributed by atoms with Gasteiger partial charge in [0.25, 0.3) is 0 Å². The summed E-state index contributed by atoms with van der Waals surface area (Å²) < 4.78 is 0. The first-order valence-corrected chi connectivity index (χ1v) is 10.1. The summed E-state index contributed by atoms with van der Waals surface area (Å²) in [5, 5.41) is 8.73. The first kappa shape index (κ1) is 22.3. The number of rotatable bonds is 17. The Hall–Kier alpha value is -0.730. The highest BCUT2D eigenvalue weighted by Gasteiger charge is 2.03. The summed E-state index contributed by atoms with van der Waals surface area (Å²) in [5.41, 5.74) is 0. The standard InChI is InChI=1S/C20H41NO2/c1-3-4-5-6-7-8-9-10-11-12-13-14-15-16-17-18-19-21(2)20(22)23/h3-19H2,1-2H3,(H,22,23). The van der Waals surface area contributed by atoms with Crippen LogP contribution in [-0.4, -0.2) is 29.7 Å². The third kappa shape index (κ3) is 17.5. The minimum Gasteiger partial charge on any atom is -0.465 e. The molecule has 0 unspecified atom stereocenters. The predicted octanol–water partition coefficient (Wildman–Crippen LogP) is 6.86. The van der Waals surface area contributed by atoms with Gasteiger partial charge in [-0.1, -0.05) is 103 Å². The van der Waals surface area contributed by atoms with Crippen LogP contribution in [0.4, 0.5) is 4.79 Å². The van der Waals surface area contributed by atoms with E-state index >= 15 is 0 Å². The number of nitrogens with zero attached hydrogens (tertiary/aromatic N) is 1. The zero-order valence-electron chi connectivity index (χ0n) is 15.8. The Morgan fingerprint density at radius 1 is 0.652 bits per heavy atom. The number of hydrogen-bond donors (Lipinski definition) is 1. The van der Waals surface area contributed by atoms with E-state index in [1.165, 1.54) is 94.8 Å². The van der Waals surface area contributed by atoms with Crippen molar-refractivity contribution in [1.82, 2.24) is 4.90 Å². The Labute approximate surface area is 144 Å². The first-order chi connectivity index (χ1) is 11.2. The van der Waals surface area contributed by atoms with Crippen molar-refractivity contribution in [3.05, 3.63) is 0 Å². The molecule has 0 aromatic rings. The Balaban J connectivity index is 3.04. The molecule has 1 amide bonds. The van der Waals surface area contributed by atoms with Gasteiger partial charge in [-0.15, -0.1) is 0 Å². The maximum absolute atomic E-state index is 10.6. The lowest BCUT2D eigenvalue weighted by Gasteiger charge is -2.11. The number of carbonyl (C=O) groups is 1. The summed E-state index contributed by atoms with van der Waals surface area (Å²) >= 11 is 0. The van der Waals surface area contributed by atoms with Crippen LogP contribution in [0.5, 0.6) is 0 Å². The van der Waals surface area contributed by atoms with Gasteiger partial charge < -0.3 is 10.0 Å². The molecule has 0 aliphatic rings. The highest BCUT2D eigenvalue weighted by atomic mass is 16.4. The van der Waals surface area contributed by atoms with E-state index < -0.39 is 6.09 Å². The minimum absolute atomic E-state index is 0.674. The van der Waals surface area contributed by atoms with E-state index in [4.69, 9.17) is 5.11 Å². The summed E-state index contributed by atoms with van der Waals surface area (Å²) in [5.74, 6) is 0. The Bertz CT molecular complexity index is 256. The molecule has 0 aromatic carbocycles. The zero-order valence-corrected chi connectivity index (χ0v) is 15.8. The van der Waals surface area contributed by atoms with Crippen LogP contribution in [0.15, 0.2) is 0 Å². The van der Waals surface area contributed by atoms with Crippen LogP contribution in [0.25, 0.3) is 0 Å². The van der Waals surface area contributed by atoms with Crippen molar-refractivity contribution in [3.8, 4) is 0 Å². The molecule has 0 heterocycles. The van der Waals surface area contributed by atoms with Crippen molar-refractivity contribution < 1.29 is 9.90 Å². The molecule has 0 radical (unpaired) electrons. The van der Waals surface area contributed by atoms with E-state index in [0.29, 0.717) is 6.54 Å². The second-order valence-electron chi connectivity index (χ2n) is 7.01. The molecule has 3 heteroatoms. The first-order valence-electron chi connectivity index (χ1n) is 10.1. The average molecular weight is 328 g/mol. The highest BCUT2D eigenvalue weighted by molar-refractivity contribution is 5.64. The Morgan fingerprint density at radius 2 is 0.957 bits per heavy atom. The van der Waals surface area contributed by atoms with Crippen LogP contribution in [-0.2, 0) is 0 Å². The summed E-state index contributed by atoms with van der Waals surface area (Å²) in [7, 11) is 1.65. The molecule has 23 heavy (non-hydrogen) atoms. The van der Waals surface area contributed by atoms with Crippen molar-refractivity contribution in [1.29, 1.82) is 0 Å². The number of carboxylic acid groups (broad SMARTS) is 1. The fraction of sp³-hybridized carbons (Fsp3) is 0.950. The summed E-state index contributed by atoms with van der Waals surface area (Å²) in [6.07, 6.45) is 20.8. The molecule has 0 spiro atoms. The van der Waals surface area contributed by atoms with Gasteiger partial charge in [-0.25, -0.2) is 4.79 Å². The van der Waals surface area contributed by atoms with E-state index in [2.05, 4.69) is 6.92 Å². The molecule has 3 nitrogen and oxygen atoms in total. The maximum Gasteiger partial charge on any atom is 0.407 e. The van der Waals surface area contributed by atoms with Crippen molar-refractivity contribution in [3.63, 3.8) is 0 Å². The molecular formula is C20H41NO2. The molecule has 0 rings (SSSR count). The van der Waals surface area contributed by atoms with Gasteiger partial charge in [-0.3, -0.25) is 0 Å². The lowest BCUT2D eigenvalue weighted by molar-refractivity contribution is 0.155. The largest absolute Gasteiger partial charge is 0.465 e. The van der Waals surface area contributed by atoms with E-state index in [-0.39, 0.29) is 0 Å². The summed E-state index contributed by atoms with van der Waals surface area (Å²) in [6, 6.07) is 0. The topological polar surface area (TPSA) is 40.5 Å². The fourth-order valence-electron chi connectivity index (χ4n) is 2.99. The molecule has 0 aliphatic heterocycles. The molecule has 0 aliphatic carbocycles. The molecule has 0 atom stereocenters. The molecule has 1 N–H and O–H groups in total. The molecule has 0 saturated heterocycles. The number of unbranched alkanes of at least 4 members (excludes halogenated alkanes) is 15. The van der Waals surface area contributed by atoms with Crippen LogP contribution in [0.1, 0.15) is 110 Å². The van der Waals surface area contributed by atoms with Gasteiger partial charge >= 0.3 is 6.09 Å². The van der Waals surface area contributed by atoms with Gasteiger partial charge in [0.05, 0.1) is 0 Å². The third-order valence-electron chi connectivity index (χ3n) is 4.67.